The molecule has 0 saturated heterocycles. The molecule has 0 aliphatic heterocycles. The van der Waals surface area contributed by atoms with Gasteiger partial charge >= 0.3 is 0 Å². The zero-order chi connectivity index (χ0) is 21.8. The molecule has 4 rings (SSSR count). The fourth-order valence-electron chi connectivity index (χ4n) is 3.83. The molecule has 2 aromatic heterocycles. The van der Waals surface area contributed by atoms with Gasteiger partial charge in [-0.15, -0.1) is 0 Å². The Bertz CT molecular complexity index is 1220. The molecule has 0 fully saturated rings. The average Bonchev–Trinajstić information content (AvgIpc) is 3.19. The highest BCUT2D eigenvalue weighted by Gasteiger charge is 2.12. The molecule has 0 saturated carbocycles. The number of aromatic nitrogens is 3. The van der Waals surface area contributed by atoms with E-state index in [1.54, 1.807) is 13.2 Å². The minimum absolute atomic E-state index is 0.0974. The van der Waals surface area contributed by atoms with Crippen LogP contribution in [0.1, 0.15) is 30.2 Å². The van der Waals surface area contributed by atoms with Crippen LogP contribution in [0.3, 0.4) is 0 Å². The van der Waals surface area contributed by atoms with Crippen LogP contribution in [0.2, 0.25) is 0 Å². The first kappa shape index (κ1) is 20.9. The Kier molecular flexibility index (Phi) is 6.18. The van der Waals surface area contributed by atoms with E-state index in [9.17, 15) is 4.79 Å². The van der Waals surface area contributed by atoms with Crippen LogP contribution in [0.4, 0.5) is 0 Å². The third kappa shape index (κ3) is 4.86. The van der Waals surface area contributed by atoms with Crippen molar-refractivity contribution in [3.05, 3.63) is 87.8 Å². The lowest BCUT2D eigenvalue weighted by Gasteiger charge is -2.21. The van der Waals surface area contributed by atoms with Gasteiger partial charge in [-0.25, -0.2) is 9.50 Å². The van der Waals surface area contributed by atoms with Crippen molar-refractivity contribution in [2.75, 3.05) is 13.7 Å². The quantitative estimate of drug-likeness (QED) is 0.462. The summed E-state index contributed by atoms with van der Waals surface area (Å²) < 4.78 is 6.76. The maximum Gasteiger partial charge on any atom is 0.272 e. The van der Waals surface area contributed by atoms with Crippen molar-refractivity contribution in [2.24, 2.45) is 0 Å². The second-order valence-electron chi connectivity index (χ2n) is 7.88. The number of fused-ring (bicyclic) bond motifs is 1. The number of rotatable bonds is 8. The number of H-pyrrole nitrogens is 1. The van der Waals surface area contributed by atoms with E-state index < -0.39 is 0 Å². The summed E-state index contributed by atoms with van der Waals surface area (Å²) in [6.45, 7) is 6.55. The maximum absolute atomic E-state index is 12.7. The van der Waals surface area contributed by atoms with Gasteiger partial charge in [0.1, 0.15) is 5.75 Å². The predicted molar refractivity (Wildman–Crippen MR) is 123 cm³/mol. The summed E-state index contributed by atoms with van der Waals surface area (Å²) >= 11 is 0. The van der Waals surface area contributed by atoms with Gasteiger partial charge in [0.15, 0.2) is 5.65 Å². The van der Waals surface area contributed by atoms with E-state index in [1.165, 1.54) is 15.6 Å². The summed E-state index contributed by atoms with van der Waals surface area (Å²) in [6, 6.07) is 19.9. The minimum Gasteiger partial charge on any atom is -0.497 e. The van der Waals surface area contributed by atoms with Crippen molar-refractivity contribution in [3.8, 4) is 17.0 Å². The summed E-state index contributed by atoms with van der Waals surface area (Å²) in [5.74, 6) is 0.850. The second-order valence-corrected chi connectivity index (χ2v) is 7.88. The van der Waals surface area contributed by atoms with Crippen LogP contribution in [-0.2, 0) is 13.1 Å². The van der Waals surface area contributed by atoms with Crippen molar-refractivity contribution in [1.82, 2.24) is 19.5 Å². The van der Waals surface area contributed by atoms with E-state index in [-0.39, 0.29) is 5.56 Å². The third-order valence-corrected chi connectivity index (χ3v) is 5.32. The van der Waals surface area contributed by atoms with Crippen LogP contribution < -0.4 is 10.3 Å². The van der Waals surface area contributed by atoms with Crippen LogP contribution in [0.25, 0.3) is 16.9 Å². The van der Waals surface area contributed by atoms with Gasteiger partial charge in [0.2, 0.25) is 0 Å². The van der Waals surface area contributed by atoms with Crippen LogP contribution >= 0.6 is 0 Å². The molecule has 0 aliphatic rings. The highest BCUT2D eigenvalue weighted by Crippen LogP contribution is 2.20. The Hall–Kier alpha value is -3.38. The second kappa shape index (κ2) is 9.18. The number of nitrogens with zero attached hydrogens (tertiary/aromatic N) is 3. The molecular formula is C25H28N4O2. The fraction of sp³-hybridized carbons (Fsp3) is 0.280. The number of methoxy groups -OCH3 is 1. The van der Waals surface area contributed by atoms with E-state index >= 15 is 0 Å². The molecule has 0 spiro atoms. The topological polar surface area (TPSA) is 62.6 Å². The van der Waals surface area contributed by atoms with Gasteiger partial charge in [-0.1, -0.05) is 42.8 Å². The molecule has 31 heavy (non-hydrogen) atoms. The zero-order valence-electron chi connectivity index (χ0n) is 18.3. The maximum atomic E-state index is 12.7. The molecule has 1 N–H and O–H groups in total. The summed E-state index contributed by atoms with van der Waals surface area (Å²) in [4.78, 5) is 19.8. The number of ether oxygens (including phenoxy) is 1. The van der Waals surface area contributed by atoms with Crippen LogP contribution in [-0.4, -0.2) is 33.2 Å². The first-order valence-corrected chi connectivity index (χ1v) is 10.6. The molecule has 2 aromatic carbocycles. The average molecular weight is 417 g/mol. The van der Waals surface area contributed by atoms with Gasteiger partial charge in [-0.3, -0.25) is 14.8 Å². The predicted octanol–water partition coefficient (Wildman–Crippen LogP) is 4.42. The standard InChI is InChI=1S/C25H28N4O2/c1-4-12-28(16-19-8-10-22(31-3)11-9-19)17-21-14-25(30)29-24(26-21)15-23(27-29)20-7-5-6-18(2)13-20/h5-11,13-15,27H,4,12,16-17H2,1-3H3. The van der Waals surface area contributed by atoms with Crippen molar-refractivity contribution >= 4 is 5.65 Å². The zero-order valence-corrected chi connectivity index (χ0v) is 18.3. The molecule has 0 unspecified atom stereocenters. The van der Waals surface area contributed by atoms with Crippen molar-refractivity contribution < 1.29 is 4.74 Å². The van der Waals surface area contributed by atoms with Gasteiger partial charge < -0.3 is 4.74 Å². The van der Waals surface area contributed by atoms with E-state index in [0.29, 0.717) is 12.2 Å². The van der Waals surface area contributed by atoms with Gasteiger partial charge in [0, 0.05) is 25.2 Å². The smallest absolute Gasteiger partial charge is 0.272 e. The van der Waals surface area contributed by atoms with Crippen LogP contribution in [0.15, 0.2) is 65.5 Å². The monoisotopic (exact) mass is 416 g/mol. The Labute approximate surface area is 182 Å². The first-order chi connectivity index (χ1) is 15.1. The Morgan fingerprint density at radius 1 is 1.06 bits per heavy atom. The number of nitrogens with one attached hydrogen (secondary N) is 1. The molecular weight excluding hydrogens is 388 g/mol. The van der Waals surface area contributed by atoms with E-state index in [0.717, 1.165) is 42.2 Å². The minimum atomic E-state index is -0.0974. The fourth-order valence-corrected chi connectivity index (χ4v) is 3.83. The Morgan fingerprint density at radius 3 is 2.58 bits per heavy atom. The SMILES string of the molecule is CCCN(Cc1ccc(OC)cc1)Cc1cc(=O)n2[nH]c(-c3cccc(C)c3)cc2n1. The molecule has 0 amide bonds. The van der Waals surface area contributed by atoms with Crippen LogP contribution in [0.5, 0.6) is 5.75 Å². The molecule has 4 aromatic rings. The van der Waals surface area contributed by atoms with Gasteiger partial charge in [-0.05, 0) is 49.2 Å². The molecule has 0 aliphatic carbocycles. The van der Waals surface area contributed by atoms with Gasteiger partial charge in [0.25, 0.3) is 5.56 Å². The van der Waals surface area contributed by atoms with Gasteiger partial charge in [0.05, 0.1) is 18.5 Å². The van der Waals surface area contributed by atoms with Crippen molar-refractivity contribution in [2.45, 2.75) is 33.4 Å². The number of aromatic amines is 1. The Morgan fingerprint density at radius 2 is 1.87 bits per heavy atom. The molecule has 6 heteroatoms. The largest absolute Gasteiger partial charge is 0.497 e. The summed E-state index contributed by atoms with van der Waals surface area (Å²) in [6.07, 6.45) is 1.03. The number of aryl methyl sites for hydroxylation is 1. The number of hydrogen-bond acceptors (Lipinski definition) is 4. The van der Waals surface area contributed by atoms with Crippen molar-refractivity contribution in [1.29, 1.82) is 0 Å². The summed E-state index contributed by atoms with van der Waals surface area (Å²) in [7, 11) is 1.67. The van der Waals surface area contributed by atoms with Crippen molar-refractivity contribution in [3.63, 3.8) is 0 Å². The van der Waals surface area contributed by atoms with E-state index in [2.05, 4.69) is 48.1 Å². The third-order valence-electron chi connectivity index (χ3n) is 5.32. The first-order valence-electron chi connectivity index (χ1n) is 10.6. The Balaban J connectivity index is 1.59. The number of hydrogen-bond donors (Lipinski definition) is 1. The molecule has 0 radical (unpaired) electrons. The molecule has 6 nitrogen and oxygen atoms in total. The highest BCUT2D eigenvalue weighted by molar-refractivity contribution is 5.64. The normalized spacial score (nSPS) is 11.4. The van der Waals surface area contributed by atoms with E-state index in [4.69, 9.17) is 9.72 Å². The molecule has 0 bridgehead atoms. The highest BCUT2D eigenvalue weighted by atomic mass is 16.5. The lowest BCUT2D eigenvalue weighted by molar-refractivity contribution is 0.254. The molecule has 2 heterocycles. The van der Waals surface area contributed by atoms with E-state index in [1.807, 2.05) is 30.3 Å². The molecule has 0 atom stereocenters. The van der Waals surface area contributed by atoms with Crippen LogP contribution in [0, 0.1) is 6.92 Å². The summed E-state index contributed by atoms with van der Waals surface area (Å²) in [5, 5.41) is 3.18. The lowest BCUT2D eigenvalue weighted by atomic mass is 10.1. The summed E-state index contributed by atoms with van der Waals surface area (Å²) in [5.41, 5.74) is 5.62. The lowest BCUT2D eigenvalue weighted by Crippen LogP contribution is -2.26. The number of benzene rings is 2. The van der Waals surface area contributed by atoms with Gasteiger partial charge in [-0.2, -0.15) is 0 Å². The molecule has 160 valence electrons.